The summed E-state index contributed by atoms with van der Waals surface area (Å²) in [5.74, 6) is -0.185. The molecule has 0 atom stereocenters. The number of hydrogen-bond donors (Lipinski definition) is 2. The first kappa shape index (κ1) is 22.5. The van der Waals surface area contributed by atoms with Crippen LogP contribution < -0.4 is 14.8 Å². The highest BCUT2D eigenvalue weighted by atomic mass is 32.2. The van der Waals surface area contributed by atoms with E-state index in [1.165, 1.54) is 17.9 Å². The number of anilines is 2. The van der Waals surface area contributed by atoms with Gasteiger partial charge in [-0.15, -0.1) is 0 Å². The molecule has 0 unspecified atom stereocenters. The van der Waals surface area contributed by atoms with Crippen LogP contribution in [0.2, 0.25) is 0 Å². The molecule has 0 saturated heterocycles. The molecule has 1 amide bonds. The molecule has 2 aromatic carbocycles. The molecule has 1 aliphatic rings. The number of ether oxygens (including phenoxy) is 1. The second-order valence-electron chi connectivity index (χ2n) is 7.72. The molecule has 1 aliphatic heterocycles. The lowest BCUT2D eigenvalue weighted by Crippen LogP contribution is -2.14. The molecular formula is C23H24N4O5S. The standard InChI is InChI=1S/C23H24N4O5S/c1-4-17-22(23-24-20(28)10-11-21(29)27(23)25-17)15-8-9-18(32-3)19(13-15)33(30,31)26-16-7-5-6-14(2)12-16/h5-9,12-13,26H,4,10-11H2,1-3H3,(H,24,28). The minimum absolute atomic E-state index is 0.0474. The summed E-state index contributed by atoms with van der Waals surface area (Å²) < 4.78 is 35.7. The zero-order valence-corrected chi connectivity index (χ0v) is 19.3. The number of aromatic nitrogens is 2. The van der Waals surface area contributed by atoms with Gasteiger partial charge in [-0.2, -0.15) is 9.78 Å². The molecule has 1 aromatic heterocycles. The highest BCUT2D eigenvalue weighted by molar-refractivity contribution is 7.92. The van der Waals surface area contributed by atoms with Crippen molar-refractivity contribution in [1.29, 1.82) is 0 Å². The van der Waals surface area contributed by atoms with Crippen molar-refractivity contribution in [2.24, 2.45) is 0 Å². The molecule has 3 aromatic rings. The molecule has 9 nitrogen and oxygen atoms in total. The normalized spacial score (nSPS) is 13.8. The molecule has 2 heterocycles. The lowest BCUT2D eigenvalue weighted by Gasteiger charge is -2.14. The van der Waals surface area contributed by atoms with Crippen LogP contribution in [0.15, 0.2) is 47.4 Å². The van der Waals surface area contributed by atoms with Gasteiger partial charge in [0.25, 0.3) is 10.0 Å². The van der Waals surface area contributed by atoms with E-state index in [0.29, 0.717) is 28.9 Å². The van der Waals surface area contributed by atoms with Crippen LogP contribution in [-0.2, 0) is 21.2 Å². The number of nitrogens with zero attached hydrogens (tertiary/aromatic N) is 2. The van der Waals surface area contributed by atoms with Gasteiger partial charge in [0.2, 0.25) is 11.8 Å². The van der Waals surface area contributed by atoms with Gasteiger partial charge in [0, 0.05) is 24.1 Å². The molecule has 4 rings (SSSR count). The quantitative estimate of drug-likeness (QED) is 0.570. The van der Waals surface area contributed by atoms with Crippen molar-refractivity contribution < 1.29 is 22.7 Å². The number of amides is 1. The predicted octanol–water partition coefficient (Wildman–Crippen LogP) is 3.60. The number of nitrogens with one attached hydrogen (secondary N) is 2. The Morgan fingerprint density at radius 1 is 1.15 bits per heavy atom. The average Bonchev–Trinajstić information content (AvgIpc) is 3.08. The van der Waals surface area contributed by atoms with Crippen LogP contribution in [-0.4, -0.2) is 37.1 Å². The van der Waals surface area contributed by atoms with Crippen molar-refractivity contribution in [2.75, 3.05) is 17.1 Å². The number of sulfonamides is 1. The van der Waals surface area contributed by atoms with Crippen molar-refractivity contribution in [2.45, 2.75) is 38.0 Å². The maximum absolute atomic E-state index is 13.3. The molecule has 0 saturated carbocycles. The van der Waals surface area contributed by atoms with Crippen molar-refractivity contribution in [3.05, 3.63) is 53.7 Å². The fraction of sp³-hybridized carbons (Fsp3) is 0.261. The second kappa shape index (κ2) is 8.70. The summed E-state index contributed by atoms with van der Waals surface area (Å²) in [4.78, 5) is 24.6. The third kappa shape index (κ3) is 4.34. The van der Waals surface area contributed by atoms with E-state index in [4.69, 9.17) is 4.74 Å². The lowest BCUT2D eigenvalue weighted by molar-refractivity contribution is -0.116. The monoisotopic (exact) mass is 468 g/mol. The minimum atomic E-state index is -4.01. The van der Waals surface area contributed by atoms with Crippen molar-refractivity contribution >= 4 is 33.3 Å². The Kier molecular flexibility index (Phi) is 5.94. The highest BCUT2D eigenvalue weighted by Crippen LogP contribution is 2.37. The number of rotatable bonds is 6. The van der Waals surface area contributed by atoms with Gasteiger partial charge in [-0.3, -0.25) is 14.3 Å². The molecule has 2 N–H and O–H groups in total. The molecule has 172 valence electrons. The summed E-state index contributed by atoms with van der Waals surface area (Å²) in [5.41, 5.74) is 2.91. The van der Waals surface area contributed by atoms with E-state index in [1.54, 1.807) is 30.3 Å². The molecule has 0 radical (unpaired) electrons. The number of fused-ring (bicyclic) bond motifs is 1. The Morgan fingerprint density at radius 2 is 1.94 bits per heavy atom. The first-order valence-electron chi connectivity index (χ1n) is 10.5. The molecular weight excluding hydrogens is 444 g/mol. The summed E-state index contributed by atoms with van der Waals surface area (Å²) in [6.45, 7) is 3.74. The van der Waals surface area contributed by atoms with Crippen LogP contribution in [0.4, 0.5) is 11.5 Å². The molecule has 33 heavy (non-hydrogen) atoms. The largest absolute Gasteiger partial charge is 0.495 e. The number of carbonyl (C=O) groups excluding carboxylic acids is 2. The smallest absolute Gasteiger partial charge is 0.265 e. The Morgan fingerprint density at radius 3 is 2.64 bits per heavy atom. The van der Waals surface area contributed by atoms with E-state index in [2.05, 4.69) is 15.1 Å². The summed E-state index contributed by atoms with van der Waals surface area (Å²) >= 11 is 0. The van der Waals surface area contributed by atoms with Crippen molar-refractivity contribution in [1.82, 2.24) is 9.78 Å². The molecule has 0 bridgehead atoms. The maximum atomic E-state index is 13.3. The predicted molar refractivity (Wildman–Crippen MR) is 124 cm³/mol. The number of carbonyl (C=O) groups is 2. The molecule has 10 heteroatoms. The van der Waals surface area contributed by atoms with Crippen molar-refractivity contribution in [3.63, 3.8) is 0 Å². The Bertz CT molecular complexity index is 1360. The third-order valence-corrected chi connectivity index (χ3v) is 6.77. The summed E-state index contributed by atoms with van der Waals surface area (Å²) in [6, 6.07) is 11.7. The van der Waals surface area contributed by atoms with Crippen LogP contribution >= 0.6 is 0 Å². The van der Waals surface area contributed by atoms with E-state index < -0.39 is 10.0 Å². The minimum Gasteiger partial charge on any atom is -0.495 e. The SMILES string of the molecule is CCc1nn2c(c1-c1ccc(OC)c(S(=O)(=O)Nc3cccc(C)c3)c1)NC(=O)CCC2=O. The van der Waals surface area contributed by atoms with Crippen LogP contribution in [0.5, 0.6) is 5.75 Å². The molecule has 0 fully saturated rings. The Balaban J connectivity index is 1.86. The number of benzene rings is 2. The lowest BCUT2D eigenvalue weighted by atomic mass is 10.0. The third-order valence-electron chi connectivity index (χ3n) is 5.36. The van der Waals surface area contributed by atoms with Crippen LogP contribution in [0.3, 0.4) is 0 Å². The topological polar surface area (TPSA) is 119 Å². The van der Waals surface area contributed by atoms with Gasteiger partial charge in [0.15, 0.2) is 0 Å². The summed E-state index contributed by atoms with van der Waals surface area (Å²) in [7, 11) is -2.62. The van der Waals surface area contributed by atoms with E-state index in [1.807, 2.05) is 19.9 Å². The van der Waals surface area contributed by atoms with Gasteiger partial charge in [0.1, 0.15) is 16.5 Å². The summed E-state index contributed by atoms with van der Waals surface area (Å²) in [5, 5.41) is 7.14. The van der Waals surface area contributed by atoms with E-state index in [9.17, 15) is 18.0 Å². The maximum Gasteiger partial charge on any atom is 0.265 e. The van der Waals surface area contributed by atoms with E-state index >= 15 is 0 Å². The van der Waals surface area contributed by atoms with Gasteiger partial charge >= 0.3 is 0 Å². The highest BCUT2D eigenvalue weighted by Gasteiger charge is 2.28. The zero-order valence-electron chi connectivity index (χ0n) is 18.5. The van der Waals surface area contributed by atoms with Gasteiger partial charge in [-0.25, -0.2) is 8.42 Å². The van der Waals surface area contributed by atoms with Crippen molar-refractivity contribution in [3.8, 4) is 16.9 Å². The van der Waals surface area contributed by atoms with Gasteiger partial charge < -0.3 is 10.1 Å². The number of hydrogen-bond acceptors (Lipinski definition) is 6. The van der Waals surface area contributed by atoms with Crippen LogP contribution in [0.25, 0.3) is 11.1 Å². The zero-order chi connectivity index (χ0) is 23.8. The molecule has 0 aliphatic carbocycles. The number of aryl methyl sites for hydroxylation is 2. The average molecular weight is 469 g/mol. The summed E-state index contributed by atoms with van der Waals surface area (Å²) in [6.07, 6.45) is 0.589. The van der Waals surface area contributed by atoms with E-state index in [-0.39, 0.29) is 41.1 Å². The van der Waals surface area contributed by atoms with Crippen LogP contribution in [0.1, 0.15) is 35.8 Å². The molecule has 0 spiro atoms. The van der Waals surface area contributed by atoms with Gasteiger partial charge in [-0.1, -0.05) is 25.1 Å². The van der Waals surface area contributed by atoms with Gasteiger partial charge in [0.05, 0.1) is 12.8 Å². The number of methoxy groups -OCH3 is 1. The Hall–Kier alpha value is -3.66. The van der Waals surface area contributed by atoms with Crippen LogP contribution in [0, 0.1) is 6.92 Å². The fourth-order valence-electron chi connectivity index (χ4n) is 3.79. The second-order valence-corrected chi connectivity index (χ2v) is 9.37. The fourth-order valence-corrected chi connectivity index (χ4v) is 5.04. The van der Waals surface area contributed by atoms with E-state index in [0.717, 1.165) is 5.56 Å². The first-order chi connectivity index (χ1) is 15.7. The Labute approximate surface area is 191 Å². The van der Waals surface area contributed by atoms with Gasteiger partial charge in [-0.05, 0) is 48.7 Å². The first-order valence-corrected chi connectivity index (χ1v) is 11.9.